The van der Waals surface area contributed by atoms with Crippen LogP contribution in [-0.2, 0) is 9.53 Å². The number of halogens is 1. The van der Waals surface area contributed by atoms with Crippen molar-refractivity contribution < 1.29 is 28.2 Å². The van der Waals surface area contributed by atoms with Crippen LogP contribution in [0.2, 0.25) is 5.02 Å². The van der Waals surface area contributed by atoms with Crippen molar-refractivity contribution in [3.63, 3.8) is 0 Å². The number of hydrogen-bond donors (Lipinski definition) is 1. The van der Waals surface area contributed by atoms with E-state index >= 15 is 0 Å². The average molecular weight is 565 g/mol. The van der Waals surface area contributed by atoms with Gasteiger partial charge in [0.15, 0.2) is 17.3 Å². The van der Waals surface area contributed by atoms with Gasteiger partial charge in [-0.15, -0.1) is 0 Å². The van der Waals surface area contributed by atoms with E-state index in [2.05, 4.69) is 5.32 Å². The number of nitrogens with zero attached hydrogens (tertiary/aromatic N) is 3. The van der Waals surface area contributed by atoms with Crippen LogP contribution >= 0.6 is 11.6 Å². The molecule has 0 bridgehead atoms. The van der Waals surface area contributed by atoms with Gasteiger partial charge in [0.2, 0.25) is 11.9 Å². The highest BCUT2D eigenvalue weighted by Crippen LogP contribution is 2.32. The fraction of sp³-hybridized carbons (Fsp3) is 0.276. The molecule has 10 nitrogen and oxygen atoms in total. The standard InChI is InChI=1S/C29H29ClN4O6/c1-37-24-12-11-21(15-26(24)38-2)34-17-23(19-7-9-20(30)10-8-19)31-29(34)32-27(35)18-33(16-22-5-3-13-39-22)28(36)25-6-4-14-40-25/h4,6-12,14-15,17,22H,3,5,13,16,18H2,1-2H3,(H,31,32,35). The summed E-state index contributed by atoms with van der Waals surface area (Å²) in [4.78, 5) is 32.7. The lowest BCUT2D eigenvalue weighted by Gasteiger charge is -2.24. The first-order valence-electron chi connectivity index (χ1n) is 12.8. The van der Waals surface area contributed by atoms with Crippen LogP contribution in [0.4, 0.5) is 5.95 Å². The molecule has 5 rings (SSSR count). The van der Waals surface area contributed by atoms with Crippen LogP contribution in [0.25, 0.3) is 16.9 Å². The van der Waals surface area contributed by atoms with Crippen molar-refractivity contribution in [3.8, 4) is 28.4 Å². The maximum atomic E-state index is 13.4. The molecule has 1 aliphatic rings. The number of aromatic nitrogens is 2. The Morgan fingerprint density at radius 3 is 2.60 bits per heavy atom. The van der Waals surface area contributed by atoms with E-state index in [0.29, 0.717) is 34.5 Å². The topological polar surface area (TPSA) is 108 Å². The molecule has 0 spiro atoms. The van der Waals surface area contributed by atoms with Gasteiger partial charge in [-0.1, -0.05) is 23.7 Å². The number of methoxy groups -OCH3 is 2. The van der Waals surface area contributed by atoms with Crippen LogP contribution in [0, 0.1) is 0 Å². The van der Waals surface area contributed by atoms with E-state index in [1.165, 1.54) is 11.2 Å². The summed E-state index contributed by atoms with van der Waals surface area (Å²) in [5, 5.41) is 3.48. The zero-order valence-corrected chi connectivity index (χ0v) is 22.9. The van der Waals surface area contributed by atoms with Crippen molar-refractivity contribution in [2.45, 2.75) is 18.9 Å². The molecule has 1 aliphatic heterocycles. The number of rotatable bonds is 10. The molecule has 0 radical (unpaired) electrons. The minimum Gasteiger partial charge on any atom is -0.493 e. The Labute approximate surface area is 236 Å². The molecule has 2 aromatic carbocycles. The lowest BCUT2D eigenvalue weighted by molar-refractivity contribution is -0.117. The third kappa shape index (κ3) is 6.13. The van der Waals surface area contributed by atoms with Gasteiger partial charge in [0.1, 0.15) is 6.54 Å². The number of imidazole rings is 1. The molecule has 40 heavy (non-hydrogen) atoms. The lowest BCUT2D eigenvalue weighted by atomic mass is 10.2. The third-order valence-electron chi connectivity index (χ3n) is 6.54. The predicted octanol–water partition coefficient (Wildman–Crippen LogP) is 5.06. The SMILES string of the molecule is COc1ccc(-n2cc(-c3ccc(Cl)cc3)nc2NC(=O)CN(CC2CCCO2)C(=O)c2ccco2)cc1OC. The van der Waals surface area contributed by atoms with E-state index in [-0.39, 0.29) is 36.8 Å². The molecule has 1 atom stereocenters. The largest absolute Gasteiger partial charge is 0.493 e. The van der Waals surface area contributed by atoms with Gasteiger partial charge >= 0.3 is 0 Å². The Morgan fingerprint density at radius 2 is 1.93 bits per heavy atom. The number of hydrogen-bond acceptors (Lipinski definition) is 7. The fourth-order valence-electron chi connectivity index (χ4n) is 4.55. The number of amides is 2. The van der Waals surface area contributed by atoms with E-state index in [1.54, 1.807) is 61.4 Å². The average Bonchev–Trinajstić information content (AvgIpc) is 3.75. The number of carbonyl (C=O) groups is 2. The number of anilines is 1. The second-order valence-corrected chi connectivity index (χ2v) is 9.65. The molecule has 208 valence electrons. The van der Waals surface area contributed by atoms with Crippen molar-refractivity contribution in [3.05, 3.63) is 77.8 Å². The van der Waals surface area contributed by atoms with E-state index < -0.39 is 5.91 Å². The second-order valence-electron chi connectivity index (χ2n) is 9.21. The van der Waals surface area contributed by atoms with Crippen LogP contribution in [0.5, 0.6) is 11.5 Å². The zero-order valence-electron chi connectivity index (χ0n) is 22.1. The van der Waals surface area contributed by atoms with Crippen molar-refractivity contribution in [2.75, 3.05) is 39.2 Å². The van der Waals surface area contributed by atoms with Crippen molar-refractivity contribution >= 4 is 29.4 Å². The molecule has 4 aromatic rings. The van der Waals surface area contributed by atoms with Crippen LogP contribution in [0.15, 0.2) is 71.5 Å². The molecule has 1 N–H and O–H groups in total. The number of furan rings is 1. The summed E-state index contributed by atoms with van der Waals surface area (Å²) >= 11 is 6.08. The van der Waals surface area contributed by atoms with Gasteiger partial charge in [-0.25, -0.2) is 4.98 Å². The Hall–Kier alpha value is -4.28. The Kier molecular flexibility index (Phi) is 8.37. The molecule has 2 aromatic heterocycles. The van der Waals surface area contributed by atoms with E-state index in [0.717, 1.165) is 18.4 Å². The summed E-state index contributed by atoms with van der Waals surface area (Å²) < 4.78 is 23.6. The number of ether oxygens (including phenoxy) is 3. The van der Waals surface area contributed by atoms with Gasteiger partial charge in [0.05, 0.1) is 38.0 Å². The van der Waals surface area contributed by atoms with Crippen LogP contribution in [0.1, 0.15) is 23.4 Å². The highest BCUT2D eigenvalue weighted by Gasteiger charge is 2.27. The maximum absolute atomic E-state index is 13.4. The van der Waals surface area contributed by atoms with Crippen LogP contribution in [-0.4, -0.2) is 66.3 Å². The van der Waals surface area contributed by atoms with Gasteiger partial charge in [0.25, 0.3) is 5.91 Å². The monoisotopic (exact) mass is 564 g/mol. The molecule has 2 amide bonds. The third-order valence-corrected chi connectivity index (χ3v) is 6.80. The van der Waals surface area contributed by atoms with Gasteiger partial charge in [-0.2, -0.15) is 0 Å². The molecule has 1 fully saturated rings. The molecule has 1 saturated heterocycles. The lowest BCUT2D eigenvalue weighted by Crippen LogP contribution is -2.42. The molecular weight excluding hydrogens is 536 g/mol. The summed E-state index contributed by atoms with van der Waals surface area (Å²) in [5.41, 5.74) is 2.11. The summed E-state index contributed by atoms with van der Waals surface area (Å²) in [6, 6.07) is 15.8. The Morgan fingerprint density at radius 1 is 1.12 bits per heavy atom. The summed E-state index contributed by atoms with van der Waals surface area (Å²) in [5.74, 6) is 0.697. The highest BCUT2D eigenvalue weighted by atomic mass is 35.5. The molecular formula is C29H29ClN4O6. The Bertz CT molecular complexity index is 1460. The van der Waals surface area contributed by atoms with E-state index in [4.69, 9.17) is 35.2 Å². The number of benzene rings is 2. The van der Waals surface area contributed by atoms with E-state index in [1.807, 2.05) is 18.2 Å². The minimum absolute atomic E-state index is 0.142. The highest BCUT2D eigenvalue weighted by molar-refractivity contribution is 6.30. The maximum Gasteiger partial charge on any atom is 0.290 e. The van der Waals surface area contributed by atoms with Crippen molar-refractivity contribution in [1.82, 2.24) is 14.5 Å². The summed E-state index contributed by atoms with van der Waals surface area (Å²) in [7, 11) is 3.11. The van der Waals surface area contributed by atoms with Crippen molar-refractivity contribution in [1.29, 1.82) is 0 Å². The van der Waals surface area contributed by atoms with Gasteiger partial charge in [0, 0.05) is 36.0 Å². The summed E-state index contributed by atoms with van der Waals surface area (Å²) in [6.07, 6.45) is 4.82. The van der Waals surface area contributed by atoms with E-state index in [9.17, 15) is 9.59 Å². The first-order chi connectivity index (χ1) is 19.4. The van der Waals surface area contributed by atoms with Crippen molar-refractivity contribution in [2.24, 2.45) is 0 Å². The minimum atomic E-state index is -0.423. The second kappa shape index (κ2) is 12.3. The number of nitrogens with one attached hydrogen (secondary N) is 1. The quantitative estimate of drug-likeness (QED) is 0.287. The van der Waals surface area contributed by atoms with Crippen LogP contribution in [0.3, 0.4) is 0 Å². The summed E-state index contributed by atoms with van der Waals surface area (Å²) in [6.45, 7) is 0.692. The Balaban J connectivity index is 1.44. The smallest absolute Gasteiger partial charge is 0.290 e. The fourth-order valence-corrected chi connectivity index (χ4v) is 4.67. The predicted molar refractivity (Wildman–Crippen MR) is 149 cm³/mol. The van der Waals surface area contributed by atoms with Gasteiger partial charge in [-0.3, -0.25) is 19.5 Å². The molecule has 0 saturated carbocycles. The molecule has 11 heteroatoms. The number of carbonyl (C=O) groups excluding carboxylic acids is 2. The van der Waals surface area contributed by atoms with Gasteiger partial charge < -0.3 is 23.5 Å². The first-order valence-corrected chi connectivity index (χ1v) is 13.1. The molecule has 3 heterocycles. The molecule has 0 aliphatic carbocycles. The molecule has 1 unspecified atom stereocenters. The first kappa shape index (κ1) is 27.3. The van der Waals surface area contributed by atoms with Crippen LogP contribution < -0.4 is 14.8 Å². The normalized spacial score (nSPS) is 14.6. The zero-order chi connectivity index (χ0) is 28.1. The van der Waals surface area contributed by atoms with Gasteiger partial charge in [-0.05, 0) is 49.2 Å².